The van der Waals surface area contributed by atoms with Crippen LogP contribution in [0.5, 0.6) is 0 Å². The van der Waals surface area contributed by atoms with Gasteiger partial charge in [0.2, 0.25) is 11.8 Å². The molecule has 0 saturated carbocycles. The van der Waals surface area contributed by atoms with E-state index in [4.69, 9.17) is 11.6 Å². The fourth-order valence-corrected chi connectivity index (χ4v) is 4.01. The zero-order chi connectivity index (χ0) is 19.0. The number of carbonyl (C=O) groups is 2. The van der Waals surface area contributed by atoms with Crippen LogP contribution in [0.4, 0.5) is 5.69 Å². The topological polar surface area (TPSA) is 70.5 Å². The number of benzene rings is 1. The molecule has 2 aliphatic rings. The van der Waals surface area contributed by atoms with Crippen LogP contribution in [-0.2, 0) is 16.6 Å². The van der Waals surface area contributed by atoms with Crippen LogP contribution in [0, 0.1) is 5.92 Å². The van der Waals surface area contributed by atoms with Crippen molar-refractivity contribution in [2.24, 2.45) is 13.0 Å². The molecule has 2 aromatic rings. The van der Waals surface area contributed by atoms with Gasteiger partial charge in [0.15, 0.2) is 0 Å². The van der Waals surface area contributed by atoms with Crippen molar-refractivity contribution in [3.8, 4) is 0 Å². The molecule has 1 N–H and O–H groups in total. The summed E-state index contributed by atoms with van der Waals surface area (Å²) >= 11 is 5.93. The fourth-order valence-electron chi connectivity index (χ4n) is 3.88. The van der Waals surface area contributed by atoms with Crippen molar-refractivity contribution in [1.29, 1.82) is 0 Å². The van der Waals surface area contributed by atoms with Crippen LogP contribution >= 0.6 is 24.0 Å². The number of hydrogen-bond acceptors (Lipinski definition) is 4. The third kappa shape index (κ3) is 3.74. The lowest BCUT2D eigenvalue weighted by molar-refractivity contribution is -0.142. The number of hydrogen-bond donors (Lipinski definition) is 1. The number of nitrogens with zero attached hydrogens (tertiary/aromatic N) is 4. The van der Waals surface area contributed by atoms with Gasteiger partial charge in [-0.05, 0) is 30.7 Å². The van der Waals surface area contributed by atoms with Gasteiger partial charge in [0, 0.05) is 56.3 Å². The Bertz CT molecular complexity index is 854. The number of piperazine rings is 1. The molecule has 2 fully saturated rings. The van der Waals surface area contributed by atoms with Gasteiger partial charge in [-0.1, -0.05) is 11.6 Å². The molecular formula is C19H23Cl2N5O2. The fraction of sp³-hybridized carbons (Fsp3) is 0.421. The third-order valence-electron chi connectivity index (χ3n) is 5.32. The first-order valence-corrected chi connectivity index (χ1v) is 9.49. The maximum atomic E-state index is 13.3. The number of aromatic nitrogens is 2. The van der Waals surface area contributed by atoms with Crippen molar-refractivity contribution in [2.75, 3.05) is 31.1 Å². The summed E-state index contributed by atoms with van der Waals surface area (Å²) in [6.45, 7) is 2.46. The van der Waals surface area contributed by atoms with E-state index < -0.39 is 5.92 Å². The highest BCUT2D eigenvalue weighted by Crippen LogP contribution is 2.30. The van der Waals surface area contributed by atoms with E-state index in [1.54, 1.807) is 23.2 Å². The summed E-state index contributed by atoms with van der Waals surface area (Å²) < 4.78 is 1.93. The van der Waals surface area contributed by atoms with Crippen molar-refractivity contribution < 1.29 is 9.59 Å². The van der Waals surface area contributed by atoms with E-state index in [0.717, 1.165) is 11.5 Å². The number of imidazole rings is 1. The summed E-state index contributed by atoms with van der Waals surface area (Å²) in [5.41, 5.74) is 0.778. The van der Waals surface area contributed by atoms with Gasteiger partial charge in [0.05, 0.1) is 0 Å². The molecule has 0 bridgehead atoms. The van der Waals surface area contributed by atoms with Gasteiger partial charge in [-0.3, -0.25) is 9.59 Å². The monoisotopic (exact) mass is 423 g/mol. The number of aryl methyl sites for hydroxylation is 1. The molecule has 2 atom stereocenters. The molecular weight excluding hydrogens is 401 g/mol. The highest BCUT2D eigenvalue weighted by Gasteiger charge is 2.42. The Hall–Kier alpha value is -2.09. The molecule has 2 unspecified atom stereocenters. The van der Waals surface area contributed by atoms with Crippen molar-refractivity contribution in [2.45, 2.75) is 12.5 Å². The van der Waals surface area contributed by atoms with Crippen LogP contribution in [0.15, 0.2) is 36.7 Å². The Morgan fingerprint density at radius 1 is 1.25 bits per heavy atom. The first-order chi connectivity index (χ1) is 13.1. The van der Waals surface area contributed by atoms with E-state index in [1.165, 1.54) is 0 Å². The van der Waals surface area contributed by atoms with Gasteiger partial charge in [0.1, 0.15) is 17.8 Å². The van der Waals surface area contributed by atoms with Crippen LogP contribution < -0.4 is 10.2 Å². The van der Waals surface area contributed by atoms with Crippen LogP contribution in [0.3, 0.4) is 0 Å². The molecule has 2 amide bonds. The predicted octanol–water partition coefficient (Wildman–Crippen LogP) is 2.02. The number of anilines is 1. The maximum absolute atomic E-state index is 13.3. The SMILES string of the molecule is Cl.Cn1ccnc1C1CNCCN1C(=O)C1CCN(c2ccc(Cl)cc2)C1=O. The van der Waals surface area contributed by atoms with Gasteiger partial charge in [0.25, 0.3) is 0 Å². The van der Waals surface area contributed by atoms with Crippen LogP contribution in [0.1, 0.15) is 18.3 Å². The molecule has 1 aromatic carbocycles. The molecule has 2 aliphatic heterocycles. The van der Waals surface area contributed by atoms with Crippen LogP contribution in [-0.4, -0.2) is 52.4 Å². The second-order valence-electron chi connectivity index (χ2n) is 6.96. The molecule has 9 heteroatoms. The zero-order valence-electron chi connectivity index (χ0n) is 15.5. The first kappa shape index (κ1) is 20.6. The predicted molar refractivity (Wildman–Crippen MR) is 110 cm³/mol. The summed E-state index contributed by atoms with van der Waals surface area (Å²) in [6, 6.07) is 6.98. The number of rotatable bonds is 3. The summed E-state index contributed by atoms with van der Waals surface area (Å²) in [5, 5.41) is 3.94. The van der Waals surface area contributed by atoms with E-state index in [-0.39, 0.29) is 30.3 Å². The first-order valence-electron chi connectivity index (χ1n) is 9.11. The molecule has 0 aliphatic carbocycles. The average molecular weight is 424 g/mol. The number of halogens is 2. The molecule has 0 spiro atoms. The zero-order valence-corrected chi connectivity index (χ0v) is 17.1. The van der Waals surface area contributed by atoms with E-state index in [2.05, 4.69) is 10.3 Å². The number of amides is 2. The van der Waals surface area contributed by atoms with Crippen molar-refractivity contribution in [3.05, 3.63) is 47.5 Å². The highest BCUT2D eigenvalue weighted by atomic mass is 35.5. The van der Waals surface area contributed by atoms with Crippen molar-refractivity contribution in [3.63, 3.8) is 0 Å². The lowest BCUT2D eigenvalue weighted by Crippen LogP contribution is -2.52. The van der Waals surface area contributed by atoms with Crippen molar-refractivity contribution >= 4 is 41.5 Å². The van der Waals surface area contributed by atoms with Gasteiger partial charge < -0.3 is 19.7 Å². The Morgan fingerprint density at radius 2 is 2.00 bits per heavy atom. The second kappa shape index (κ2) is 8.51. The lowest BCUT2D eigenvalue weighted by Gasteiger charge is -2.37. The molecule has 2 saturated heterocycles. The van der Waals surface area contributed by atoms with Gasteiger partial charge >= 0.3 is 0 Å². The average Bonchev–Trinajstić information content (AvgIpc) is 3.27. The van der Waals surface area contributed by atoms with E-state index in [0.29, 0.717) is 37.6 Å². The largest absolute Gasteiger partial charge is 0.336 e. The molecule has 150 valence electrons. The van der Waals surface area contributed by atoms with E-state index in [9.17, 15) is 9.59 Å². The normalized spacial score (nSPS) is 22.3. The summed E-state index contributed by atoms with van der Waals surface area (Å²) in [6.07, 6.45) is 4.13. The maximum Gasteiger partial charge on any atom is 0.239 e. The van der Waals surface area contributed by atoms with E-state index >= 15 is 0 Å². The van der Waals surface area contributed by atoms with Gasteiger partial charge in [-0.25, -0.2) is 4.98 Å². The highest BCUT2D eigenvalue weighted by molar-refractivity contribution is 6.30. The summed E-state index contributed by atoms with van der Waals surface area (Å²) in [7, 11) is 1.92. The number of carbonyl (C=O) groups excluding carboxylic acids is 2. The minimum absolute atomic E-state index is 0. The third-order valence-corrected chi connectivity index (χ3v) is 5.58. The standard InChI is InChI=1S/C19H22ClN5O2.ClH/c1-23-10-8-22-17(23)16-12-21-7-11-25(16)19(27)15-6-9-24(18(15)26)14-4-2-13(20)3-5-14;/h2-5,8,10,15-16,21H,6-7,9,11-12H2,1H3;1H. The lowest BCUT2D eigenvalue weighted by atomic mass is 10.0. The van der Waals surface area contributed by atoms with Crippen molar-refractivity contribution in [1.82, 2.24) is 19.8 Å². The van der Waals surface area contributed by atoms with Crippen LogP contribution in [0.25, 0.3) is 0 Å². The summed E-state index contributed by atoms with van der Waals surface area (Å²) in [5.74, 6) is -0.0532. The number of nitrogens with one attached hydrogen (secondary N) is 1. The minimum Gasteiger partial charge on any atom is -0.336 e. The van der Waals surface area contributed by atoms with Gasteiger partial charge in [-0.15, -0.1) is 12.4 Å². The molecule has 7 nitrogen and oxygen atoms in total. The van der Waals surface area contributed by atoms with E-state index in [1.807, 2.05) is 34.8 Å². The summed E-state index contributed by atoms with van der Waals surface area (Å²) in [4.78, 5) is 34.1. The molecule has 1 aromatic heterocycles. The molecule has 3 heterocycles. The Kier molecular flexibility index (Phi) is 6.27. The van der Waals surface area contributed by atoms with Crippen LogP contribution in [0.2, 0.25) is 5.02 Å². The molecule has 0 radical (unpaired) electrons. The quantitative estimate of drug-likeness (QED) is 0.766. The molecule has 4 rings (SSSR count). The second-order valence-corrected chi connectivity index (χ2v) is 7.39. The Labute approximate surface area is 175 Å². The van der Waals surface area contributed by atoms with Gasteiger partial charge in [-0.2, -0.15) is 0 Å². The smallest absolute Gasteiger partial charge is 0.239 e. The Balaban J connectivity index is 0.00000225. The Morgan fingerprint density at radius 3 is 2.68 bits per heavy atom. The molecule has 28 heavy (non-hydrogen) atoms. The minimum atomic E-state index is -0.637.